The quantitative estimate of drug-likeness (QED) is 0.0788. The fraction of sp³-hybridized carbons (Fsp3) is 1.00. The number of unbranched alkanes of at least 4 members (excludes halogenated alkanes) is 19. The van der Waals surface area contributed by atoms with E-state index in [0.717, 1.165) is 13.0 Å². The van der Waals surface area contributed by atoms with Gasteiger partial charge in [0.15, 0.2) is 0 Å². The van der Waals surface area contributed by atoms with E-state index in [2.05, 4.69) is 6.92 Å². The normalized spacial score (nSPS) is 20.1. The molecule has 240 valence electrons. The monoisotopic (exact) mass is 571 g/mol. The zero-order valence-corrected chi connectivity index (χ0v) is 27.9. The Labute approximate surface area is 252 Å². The molecule has 40 heavy (non-hydrogen) atoms. The molecule has 0 amide bonds. The number of aliphatic hydroxyl groups is 1. The number of methoxy groups -OCH3 is 1. The Balaban J connectivity index is 0. The maximum Gasteiger partial charge on any atom is 0.113 e. The van der Waals surface area contributed by atoms with Gasteiger partial charge in [0.2, 0.25) is 0 Å². The van der Waals surface area contributed by atoms with Gasteiger partial charge >= 0.3 is 0 Å². The molecule has 6 heteroatoms. The number of aliphatic hydroxyl groups excluding tert-OH is 1. The summed E-state index contributed by atoms with van der Waals surface area (Å²) in [6, 6.07) is -0.573. The molecule has 1 heterocycles. The summed E-state index contributed by atoms with van der Waals surface area (Å²) in [5, 5.41) is 9.32. The minimum Gasteiger partial charge on any atom is -0.394 e. The average Bonchev–Trinajstić information content (AvgIpc) is 3.31. The van der Waals surface area contributed by atoms with Crippen LogP contribution >= 0.6 is 0 Å². The van der Waals surface area contributed by atoms with Crippen LogP contribution in [-0.2, 0) is 18.9 Å². The van der Waals surface area contributed by atoms with Crippen LogP contribution in [0.4, 0.5) is 0 Å². The molecule has 2 radical (unpaired) electrons. The van der Waals surface area contributed by atoms with E-state index in [1.165, 1.54) is 122 Å². The zero-order chi connectivity index (χ0) is 30.1. The van der Waals surface area contributed by atoms with Crippen molar-refractivity contribution in [3.8, 4) is 0 Å². The van der Waals surface area contributed by atoms with Gasteiger partial charge in [-0.15, -0.1) is 0 Å². The van der Waals surface area contributed by atoms with Crippen molar-refractivity contribution in [1.29, 1.82) is 0 Å². The van der Waals surface area contributed by atoms with Crippen LogP contribution in [0.1, 0.15) is 163 Å². The summed E-state index contributed by atoms with van der Waals surface area (Å²) >= 11 is 0. The summed E-state index contributed by atoms with van der Waals surface area (Å²) in [6.07, 6.45) is 26.8. The van der Waals surface area contributed by atoms with Crippen LogP contribution in [0.15, 0.2) is 0 Å². The van der Waals surface area contributed by atoms with Gasteiger partial charge in [-0.2, -0.15) is 0 Å². The summed E-state index contributed by atoms with van der Waals surface area (Å²) in [7, 11) is 7.52. The van der Waals surface area contributed by atoms with Crippen LogP contribution in [0.3, 0.4) is 0 Å². The molecule has 1 saturated heterocycles. The highest BCUT2D eigenvalue weighted by Crippen LogP contribution is 2.24. The predicted octanol–water partition coefficient (Wildman–Crippen LogP) is 9.16. The van der Waals surface area contributed by atoms with Gasteiger partial charge in [0.1, 0.15) is 26.2 Å². The summed E-state index contributed by atoms with van der Waals surface area (Å²) in [4.78, 5) is 0. The lowest BCUT2D eigenvalue weighted by Gasteiger charge is -2.22. The van der Waals surface area contributed by atoms with Crippen molar-refractivity contribution in [2.45, 2.75) is 187 Å². The van der Waals surface area contributed by atoms with Crippen molar-refractivity contribution in [1.82, 2.24) is 0 Å². The van der Waals surface area contributed by atoms with Crippen LogP contribution in [0.5, 0.6) is 0 Å². The van der Waals surface area contributed by atoms with E-state index in [4.69, 9.17) is 26.8 Å². The zero-order valence-electron chi connectivity index (χ0n) is 27.9. The Hall–Kier alpha value is -0.135. The van der Waals surface area contributed by atoms with Crippen LogP contribution in [0.25, 0.3) is 0 Å². The third kappa shape index (κ3) is 24.5. The minimum absolute atomic E-state index is 0.123. The van der Waals surface area contributed by atoms with Crippen LogP contribution in [0.2, 0.25) is 0 Å². The largest absolute Gasteiger partial charge is 0.394 e. The van der Waals surface area contributed by atoms with Gasteiger partial charge in [-0.3, -0.25) is 0 Å². The Morgan fingerprint density at radius 1 is 0.575 bits per heavy atom. The second-order valence-electron chi connectivity index (χ2n) is 10.7. The molecular formula is C34H71BO5. The molecular weight excluding hydrogens is 499 g/mol. The summed E-state index contributed by atoms with van der Waals surface area (Å²) in [5.74, 6) is 0. The van der Waals surface area contributed by atoms with Crippen LogP contribution < -0.4 is 0 Å². The molecule has 5 nitrogen and oxygen atoms in total. The highest BCUT2D eigenvalue weighted by atomic mass is 16.6. The second-order valence-corrected chi connectivity index (χ2v) is 10.7. The Morgan fingerprint density at radius 3 is 1.35 bits per heavy atom. The fourth-order valence-corrected chi connectivity index (χ4v) is 5.18. The van der Waals surface area contributed by atoms with E-state index in [1.807, 2.05) is 27.7 Å². The molecule has 0 aromatic heterocycles. The molecule has 0 aliphatic carbocycles. The SMILES string of the molecule is CC.CC.[B]C1OC(CO)C(OC)C1OCCOCCCCCCCCCCCCCCCCCCCCCC. The number of hydrogen-bond donors (Lipinski definition) is 1. The van der Waals surface area contributed by atoms with Crippen molar-refractivity contribution in [3.63, 3.8) is 0 Å². The van der Waals surface area contributed by atoms with Gasteiger partial charge in [-0.25, -0.2) is 0 Å². The number of hydrogen-bond acceptors (Lipinski definition) is 5. The van der Waals surface area contributed by atoms with Gasteiger partial charge < -0.3 is 24.1 Å². The Bertz CT molecular complexity index is 454. The van der Waals surface area contributed by atoms with E-state index in [0.29, 0.717) is 13.2 Å². The summed E-state index contributed by atoms with van der Waals surface area (Å²) < 4.78 is 22.3. The molecule has 1 aliphatic heterocycles. The number of rotatable bonds is 27. The lowest BCUT2D eigenvalue weighted by Crippen LogP contribution is -2.38. The van der Waals surface area contributed by atoms with E-state index in [1.54, 1.807) is 7.11 Å². The number of ether oxygens (including phenoxy) is 4. The third-order valence-corrected chi connectivity index (χ3v) is 7.48. The summed E-state index contributed by atoms with van der Waals surface area (Å²) in [6.45, 7) is 11.9. The molecule has 1 N–H and O–H groups in total. The average molecular weight is 571 g/mol. The van der Waals surface area contributed by atoms with Crippen molar-refractivity contribution in [2.75, 3.05) is 33.5 Å². The van der Waals surface area contributed by atoms with Gasteiger partial charge in [-0.1, -0.05) is 157 Å². The molecule has 1 rings (SSSR count). The Morgan fingerprint density at radius 2 is 0.975 bits per heavy atom. The molecule has 1 fully saturated rings. The molecule has 0 saturated carbocycles. The van der Waals surface area contributed by atoms with E-state index in [-0.39, 0.29) is 18.8 Å². The predicted molar refractivity (Wildman–Crippen MR) is 174 cm³/mol. The van der Waals surface area contributed by atoms with Crippen molar-refractivity contribution in [3.05, 3.63) is 0 Å². The lowest BCUT2D eigenvalue weighted by molar-refractivity contribution is -0.0631. The molecule has 0 bridgehead atoms. The summed E-state index contributed by atoms with van der Waals surface area (Å²) in [5.41, 5.74) is 0. The lowest BCUT2D eigenvalue weighted by atomic mass is 9.93. The third-order valence-electron chi connectivity index (χ3n) is 7.48. The van der Waals surface area contributed by atoms with Gasteiger partial charge in [-0.05, 0) is 6.42 Å². The Kier molecular flexibility index (Phi) is 36.8. The highest BCUT2D eigenvalue weighted by molar-refractivity contribution is 6.11. The molecule has 0 aromatic carbocycles. The van der Waals surface area contributed by atoms with E-state index in [9.17, 15) is 5.11 Å². The molecule has 0 spiro atoms. The van der Waals surface area contributed by atoms with Gasteiger partial charge in [0, 0.05) is 19.7 Å². The maximum atomic E-state index is 9.32. The minimum atomic E-state index is -0.573. The standard InChI is InChI=1S/C30H59BO5.2C2H6/c1-3-4-5-6-7-8-9-10-11-12-13-14-15-16-17-18-19-20-21-22-23-34-24-25-35-29-28(33-2)27(26-32)36-30(29)31;2*1-2/h27-30,32H,3-26H2,1-2H3;2*1-2H3. The van der Waals surface area contributed by atoms with Crippen LogP contribution in [-0.4, -0.2) is 70.8 Å². The van der Waals surface area contributed by atoms with Crippen LogP contribution in [0, 0.1) is 0 Å². The first-order chi connectivity index (χ1) is 19.7. The smallest absolute Gasteiger partial charge is 0.113 e. The van der Waals surface area contributed by atoms with E-state index < -0.39 is 12.1 Å². The van der Waals surface area contributed by atoms with Crippen molar-refractivity contribution in [2.24, 2.45) is 0 Å². The first-order valence-corrected chi connectivity index (χ1v) is 17.5. The molecule has 4 atom stereocenters. The van der Waals surface area contributed by atoms with Gasteiger partial charge in [0.05, 0.1) is 19.8 Å². The first-order valence-electron chi connectivity index (χ1n) is 17.5. The maximum absolute atomic E-state index is 9.32. The molecule has 4 unspecified atom stereocenters. The topological polar surface area (TPSA) is 57.2 Å². The first kappa shape index (κ1) is 42.0. The van der Waals surface area contributed by atoms with Crippen molar-refractivity contribution < 1.29 is 24.1 Å². The second kappa shape index (κ2) is 35.1. The fourth-order valence-electron chi connectivity index (χ4n) is 5.18. The van der Waals surface area contributed by atoms with Crippen molar-refractivity contribution >= 4 is 7.85 Å². The molecule has 1 aliphatic rings. The highest BCUT2D eigenvalue weighted by Gasteiger charge is 2.42. The molecule has 0 aromatic rings. The van der Waals surface area contributed by atoms with E-state index >= 15 is 0 Å². The van der Waals surface area contributed by atoms with Gasteiger partial charge in [0.25, 0.3) is 0 Å².